The number of ether oxygens (including phenoxy) is 2. The first-order chi connectivity index (χ1) is 12.0. The van der Waals surface area contributed by atoms with Crippen LogP contribution in [0.4, 0.5) is 4.79 Å². The van der Waals surface area contributed by atoms with Crippen molar-refractivity contribution in [3.8, 4) is 11.8 Å². The molecule has 1 unspecified atom stereocenters. The zero-order chi connectivity index (χ0) is 18.1. The molecule has 0 bridgehead atoms. The fraction of sp³-hybridized carbons (Fsp3) is 0.812. The molecule has 25 heavy (non-hydrogen) atoms. The van der Waals surface area contributed by atoms with Crippen LogP contribution in [0.25, 0.3) is 0 Å². The van der Waals surface area contributed by atoms with Gasteiger partial charge in [0.2, 0.25) is 0 Å². The SMILES string of the molecule is COP(=O)(O)OCCOCCNC(=O)OC[C@@H]1[C@@H]2CCC#CCC[C@@H]21. The lowest BCUT2D eigenvalue weighted by Gasteiger charge is -2.10. The fourth-order valence-corrected chi connectivity index (χ4v) is 3.51. The van der Waals surface area contributed by atoms with Crippen molar-refractivity contribution in [2.45, 2.75) is 25.7 Å². The van der Waals surface area contributed by atoms with E-state index in [0.717, 1.165) is 32.8 Å². The summed E-state index contributed by atoms with van der Waals surface area (Å²) in [4.78, 5) is 20.6. The Morgan fingerprint density at radius 2 is 1.88 bits per heavy atom. The first-order valence-corrected chi connectivity index (χ1v) is 10.00. The van der Waals surface area contributed by atoms with Crippen LogP contribution in [0.2, 0.25) is 0 Å². The van der Waals surface area contributed by atoms with E-state index in [4.69, 9.17) is 14.4 Å². The van der Waals surface area contributed by atoms with Crippen molar-refractivity contribution in [2.75, 3.05) is 40.1 Å². The van der Waals surface area contributed by atoms with Crippen LogP contribution in [0.15, 0.2) is 0 Å². The molecule has 1 amide bonds. The number of alkyl carbamates (subject to hydrolysis) is 1. The minimum atomic E-state index is -3.95. The van der Waals surface area contributed by atoms with Gasteiger partial charge in [0, 0.05) is 26.5 Å². The lowest BCUT2D eigenvalue weighted by atomic mass is 10.1. The largest absolute Gasteiger partial charge is 0.471 e. The van der Waals surface area contributed by atoms with Crippen LogP contribution in [0, 0.1) is 29.6 Å². The van der Waals surface area contributed by atoms with Gasteiger partial charge < -0.3 is 19.7 Å². The second kappa shape index (κ2) is 10.1. The molecule has 0 spiro atoms. The van der Waals surface area contributed by atoms with Gasteiger partial charge in [0.25, 0.3) is 0 Å². The monoisotopic (exact) mass is 375 g/mol. The van der Waals surface area contributed by atoms with Gasteiger partial charge in [-0.2, -0.15) is 0 Å². The van der Waals surface area contributed by atoms with E-state index in [1.165, 1.54) is 0 Å². The molecule has 142 valence electrons. The highest BCUT2D eigenvalue weighted by Crippen LogP contribution is 2.52. The molecular weight excluding hydrogens is 349 g/mol. The highest BCUT2D eigenvalue weighted by atomic mass is 31.2. The summed E-state index contributed by atoms with van der Waals surface area (Å²) in [5, 5.41) is 2.61. The van der Waals surface area contributed by atoms with Gasteiger partial charge in [0.1, 0.15) is 0 Å². The summed E-state index contributed by atoms with van der Waals surface area (Å²) in [6.07, 6.45) is 3.65. The van der Waals surface area contributed by atoms with Crippen LogP contribution >= 0.6 is 7.82 Å². The third-order valence-electron chi connectivity index (χ3n) is 4.47. The standard InChI is InChI=1S/C16H26NO7P/c1-21-25(19,20)24-11-10-22-9-8-17-16(18)23-12-15-13-6-4-2-3-5-7-14(13)15/h13-15H,4-12H2,1H3,(H,17,18)(H,19,20)/t13-,14+,15-. The van der Waals surface area contributed by atoms with Crippen LogP contribution in [-0.2, 0) is 23.1 Å². The van der Waals surface area contributed by atoms with Crippen molar-refractivity contribution in [3.63, 3.8) is 0 Å². The Balaban J connectivity index is 1.45. The van der Waals surface area contributed by atoms with Crippen molar-refractivity contribution in [2.24, 2.45) is 17.8 Å². The van der Waals surface area contributed by atoms with Gasteiger partial charge in [0.15, 0.2) is 0 Å². The Morgan fingerprint density at radius 1 is 1.20 bits per heavy atom. The lowest BCUT2D eigenvalue weighted by molar-refractivity contribution is 0.0807. The van der Waals surface area contributed by atoms with E-state index in [0.29, 0.717) is 30.9 Å². The van der Waals surface area contributed by atoms with Gasteiger partial charge in [-0.3, -0.25) is 9.05 Å². The van der Waals surface area contributed by atoms with E-state index in [-0.39, 0.29) is 19.8 Å². The normalized spacial score (nSPS) is 26.9. The van der Waals surface area contributed by atoms with E-state index >= 15 is 0 Å². The van der Waals surface area contributed by atoms with Gasteiger partial charge in [-0.25, -0.2) is 9.36 Å². The summed E-state index contributed by atoms with van der Waals surface area (Å²) in [6, 6.07) is 0. The minimum absolute atomic E-state index is 0.0692. The van der Waals surface area contributed by atoms with Crippen molar-refractivity contribution in [1.29, 1.82) is 0 Å². The molecule has 2 N–H and O–H groups in total. The van der Waals surface area contributed by atoms with E-state index in [2.05, 4.69) is 26.2 Å². The molecular formula is C16H26NO7P. The predicted molar refractivity (Wildman–Crippen MR) is 89.7 cm³/mol. The Bertz CT molecular complexity index is 526. The number of hydrogen-bond donors (Lipinski definition) is 2. The zero-order valence-corrected chi connectivity index (χ0v) is 15.3. The molecule has 0 aromatic carbocycles. The Morgan fingerprint density at radius 3 is 2.52 bits per heavy atom. The molecule has 0 aliphatic heterocycles. The molecule has 0 aromatic heterocycles. The smallest absolute Gasteiger partial charge is 0.449 e. The number of amides is 1. The molecule has 8 nitrogen and oxygen atoms in total. The number of carbonyl (C=O) groups is 1. The highest BCUT2D eigenvalue weighted by molar-refractivity contribution is 7.47. The van der Waals surface area contributed by atoms with Gasteiger partial charge in [-0.15, -0.1) is 11.8 Å². The molecule has 4 atom stereocenters. The minimum Gasteiger partial charge on any atom is -0.449 e. The van der Waals surface area contributed by atoms with E-state index in [1.54, 1.807) is 0 Å². The van der Waals surface area contributed by atoms with Crippen molar-refractivity contribution in [3.05, 3.63) is 0 Å². The van der Waals surface area contributed by atoms with Crippen molar-refractivity contribution < 1.29 is 32.8 Å². The second-order valence-electron chi connectivity index (χ2n) is 6.04. The van der Waals surface area contributed by atoms with Gasteiger partial charge in [0.05, 0.1) is 26.4 Å². The molecule has 0 saturated heterocycles. The Kier molecular flexibility index (Phi) is 8.20. The average molecular weight is 375 g/mol. The molecule has 2 rings (SSSR count). The molecule has 1 fully saturated rings. The third-order valence-corrected chi connectivity index (χ3v) is 5.45. The molecule has 1 saturated carbocycles. The number of nitrogens with one attached hydrogen (secondary N) is 1. The third kappa shape index (κ3) is 7.35. The number of rotatable bonds is 10. The number of phosphoric acid groups is 1. The summed E-state index contributed by atoms with van der Waals surface area (Å²) in [7, 11) is -2.86. The average Bonchev–Trinajstić information content (AvgIpc) is 3.21. The Hall–Kier alpha value is -1.10. The van der Waals surface area contributed by atoms with Gasteiger partial charge >= 0.3 is 13.9 Å². The lowest BCUT2D eigenvalue weighted by Crippen LogP contribution is -2.29. The quantitative estimate of drug-likeness (QED) is 0.342. The predicted octanol–water partition coefficient (Wildman–Crippen LogP) is 1.93. The summed E-state index contributed by atoms with van der Waals surface area (Å²) in [5.41, 5.74) is 0. The molecule has 2 aliphatic carbocycles. The molecule has 2 aliphatic rings. The van der Waals surface area contributed by atoms with Crippen LogP contribution < -0.4 is 5.32 Å². The van der Waals surface area contributed by atoms with E-state index < -0.39 is 13.9 Å². The second-order valence-corrected chi connectivity index (χ2v) is 7.60. The van der Waals surface area contributed by atoms with Gasteiger partial charge in [-0.1, -0.05) is 0 Å². The van der Waals surface area contributed by atoms with Crippen LogP contribution in [-0.4, -0.2) is 51.1 Å². The van der Waals surface area contributed by atoms with Crippen molar-refractivity contribution >= 4 is 13.9 Å². The summed E-state index contributed by atoms with van der Waals surface area (Å²) < 4.78 is 30.3. The summed E-state index contributed by atoms with van der Waals surface area (Å²) in [6.45, 7) is 1.06. The van der Waals surface area contributed by atoms with E-state index in [1.807, 2.05) is 0 Å². The Labute approximate surface area is 148 Å². The van der Waals surface area contributed by atoms with Crippen molar-refractivity contribution in [1.82, 2.24) is 5.32 Å². The number of fused-ring (bicyclic) bond motifs is 1. The summed E-state index contributed by atoms with van der Waals surface area (Å²) >= 11 is 0. The molecule has 0 radical (unpaired) electrons. The van der Waals surface area contributed by atoms with Gasteiger partial charge in [-0.05, 0) is 30.6 Å². The van der Waals surface area contributed by atoms with E-state index in [9.17, 15) is 9.36 Å². The molecule has 9 heteroatoms. The number of hydrogen-bond acceptors (Lipinski definition) is 6. The first-order valence-electron chi connectivity index (χ1n) is 8.50. The topological polar surface area (TPSA) is 103 Å². The highest BCUT2D eigenvalue weighted by Gasteiger charge is 2.49. The molecule has 0 aromatic rings. The summed E-state index contributed by atoms with van der Waals surface area (Å²) in [5.74, 6) is 8.10. The maximum atomic E-state index is 11.7. The maximum Gasteiger partial charge on any atom is 0.471 e. The number of phosphoric ester groups is 1. The van der Waals surface area contributed by atoms with Crippen LogP contribution in [0.1, 0.15) is 25.7 Å². The zero-order valence-electron chi connectivity index (χ0n) is 14.4. The first kappa shape index (κ1) is 20.2. The van der Waals surface area contributed by atoms with Crippen LogP contribution in [0.5, 0.6) is 0 Å². The molecule has 0 heterocycles. The van der Waals surface area contributed by atoms with Crippen LogP contribution in [0.3, 0.4) is 0 Å². The maximum absolute atomic E-state index is 11.7. The number of carbonyl (C=O) groups excluding carboxylic acids is 1. The fourth-order valence-electron chi connectivity index (χ4n) is 3.10.